The second-order valence-electron chi connectivity index (χ2n) is 7.26. The van der Waals surface area contributed by atoms with Gasteiger partial charge in [0.1, 0.15) is 17.4 Å². The number of methoxy groups -OCH3 is 1. The Morgan fingerprint density at radius 1 is 1.13 bits per heavy atom. The first-order valence-electron chi connectivity index (χ1n) is 10.1. The van der Waals surface area contributed by atoms with E-state index in [4.69, 9.17) is 14.5 Å². The van der Waals surface area contributed by atoms with Crippen molar-refractivity contribution in [1.82, 2.24) is 19.9 Å². The molecule has 0 bridgehead atoms. The van der Waals surface area contributed by atoms with Crippen molar-refractivity contribution < 1.29 is 14.3 Å². The minimum Gasteiger partial charge on any atom is -0.497 e. The van der Waals surface area contributed by atoms with Crippen molar-refractivity contribution in [2.75, 3.05) is 32.7 Å². The normalized spacial score (nSPS) is 10.7. The summed E-state index contributed by atoms with van der Waals surface area (Å²) in [6, 6.07) is 11.7. The quantitative estimate of drug-likeness (QED) is 0.530. The highest BCUT2D eigenvalue weighted by molar-refractivity contribution is 5.90. The lowest BCUT2D eigenvalue weighted by atomic mass is 10.2. The number of ether oxygens (including phenoxy) is 2. The monoisotopic (exact) mass is 423 g/mol. The molecule has 0 fully saturated rings. The van der Waals surface area contributed by atoms with Gasteiger partial charge in [-0.2, -0.15) is 0 Å². The van der Waals surface area contributed by atoms with Crippen LogP contribution in [0.2, 0.25) is 0 Å². The summed E-state index contributed by atoms with van der Waals surface area (Å²) >= 11 is 0. The Bertz CT molecular complexity index is 1010. The lowest BCUT2D eigenvalue weighted by Gasteiger charge is -2.11. The van der Waals surface area contributed by atoms with E-state index in [2.05, 4.69) is 10.3 Å². The van der Waals surface area contributed by atoms with E-state index in [1.807, 2.05) is 62.4 Å². The fourth-order valence-corrected chi connectivity index (χ4v) is 3.24. The fraction of sp³-hybridized carbons (Fsp3) is 0.348. The highest BCUT2D eigenvalue weighted by atomic mass is 16.5. The first-order valence-corrected chi connectivity index (χ1v) is 10.1. The van der Waals surface area contributed by atoms with Crippen molar-refractivity contribution in [1.29, 1.82) is 0 Å². The summed E-state index contributed by atoms with van der Waals surface area (Å²) in [5.74, 6) is 1.95. The third kappa shape index (κ3) is 5.21. The molecule has 1 N–H and O–H groups in total. The number of hydrogen-bond donors (Lipinski definition) is 1. The molecule has 0 amide bonds. The Labute approximate surface area is 182 Å². The standard InChI is InChI=1S/C23H29N5O3/c1-6-31-23(29)21-19(15-24-13-16-7-10-18(30-5)11-8-16)26-22(28(21)4)17-9-12-20(25-14-17)27(2)3/h7-12,14,24H,6,13,15H2,1-5H3. The van der Waals surface area contributed by atoms with Gasteiger partial charge in [0.2, 0.25) is 0 Å². The molecule has 0 saturated heterocycles. The van der Waals surface area contributed by atoms with Crippen LogP contribution < -0.4 is 15.0 Å². The van der Waals surface area contributed by atoms with Gasteiger partial charge >= 0.3 is 5.97 Å². The number of imidazole rings is 1. The Balaban J connectivity index is 1.83. The van der Waals surface area contributed by atoms with Crippen LogP contribution in [0.1, 0.15) is 28.7 Å². The van der Waals surface area contributed by atoms with Gasteiger partial charge in [-0.3, -0.25) is 0 Å². The van der Waals surface area contributed by atoms with Gasteiger partial charge in [-0.15, -0.1) is 0 Å². The molecule has 3 rings (SSSR count). The molecular weight excluding hydrogens is 394 g/mol. The number of nitrogens with zero attached hydrogens (tertiary/aromatic N) is 4. The number of rotatable bonds is 9. The number of hydrogen-bond acceptors (Lipinski definition) is 7. The van der Waals surface area contributed by atoms with Crippen LogP contribution in [0, 0.1) is 0 Å². The summed E-state index contributed by atoms with van der Waals surface area (Å²) in [5, 5.41) is 3.36. The van der Waals surface area contributed by atoms with Gasteiger partial charge in [0.25, 0.3) is 0 Å². The lowest BCUT2D eigenvalue weighted by Crippen LogP contribution is -2.18. The van der Waals surface area contributed by atoms with Crippen LogP contribution in [-0.2, 0) is 24.9 Å². The van der Waals surface area contributed by atoms with E-state index < -0.39 is 0 Å². The number of aromatic nitrogens is 3. The number of nitrogens with one attached hydrogen (secondary N) is 1. The molecule has 1 aromatic carbocycles. The van der Waals surface area contributed by atoms with Crippen LogP contribution in [0.4, 0.5) is 5.82 Å². The van der Waals surface area contributed by atoms with Gasteiger partial charge in [-0.05, 0) is 36.8 Å². The Kier molecular flexibility index (Phi) is 7.25. The minimum atomic E-state index is -0.386. The molecule has 0 atom stereocenters. The van der Waals surface area contributed by atoms with Gasteiger partial charge in [0.15, 0.2) is 5.69 Å². The van der Waals surface area contributed by atoms with Crippen molar-refractivity contribution in [2.45, 2.75) is 20.0 Å². The van der Waals surface area contributed by atoms with Gasteiger partial charge in [0, 0.05) is 46.0 Å². The maximum atomic E-state index is 12.6. The van der Waals surface area contributed by atoms with Crippen molar-refractivity contribution in [3.05, 3.63) is 59.5 Å². The van der Waals surface area contributed by atoms with Crippen molar-refractivity contribution in [3.63, 3.8) is 0 Å². The van der Waals surface area contributed by atoms with Crippen LogP contribution in [0.25, 0.3) is 11.4 Å². The van der Waals surface area contributed by atoms with Crippen LogP contribution >= 0.6 is 0 Å². The van der Waals surface area contributed by atoms with Crippen molar-refractivity contribution >= 4 is 11.8 Å². The number of carbonyl (C=O) groups excluding carboxylic acids is 1. The Morgan fingerprint density at radius 2 is 1.87 bits per heavy atom. The lowest BCUT2D eigenvalue weighted by molar-refractivity contribution is 0.0513. The molecular formula is C23H29N5O3. The van der Waals surface area contributed by atoms with Crippen LogP contribution in [0.3, 0.4) is 0 Å². The molecule has 0 unspecified atom stereocenters. The average Bonchev–Trinajstić information content (AvgIpc) is 3.10. The predicted octanol–water partition coefficient (Wildman–Crippen LogP) is 3.02. The fourth-order valence-electron chi connectivity index (χ4n) is 3.24. The molecule has 0 saturated carbocycles. The van der Waals surface area contributed by atoms with E-state index in [-0.39, 0.29) is 5.97 Å². The molecule has 2 aromatic heterocycles. The van der Waals surface area contributed by atoms with E-state index in [9.17, 15) is 4.79 Å². The molecule has 164 valence electrons. The summed E-state index contributed by atoms with van der Waals surface area (Å²) in [6.07, 6.45) is 1.77. The molecule has 0 aliphatic heterocycles. The summed E-state index contributed by atoms with van der Waals surface area (Å²) in [7, 11) is 7.34. The Hall–Kier alpha value is -3.39. The molecule has 0 radical (unpaired) electrons. The summed E-state index contributed by atoms with van der Waals surface area (Å²) in [6.45, 7) is 3.16. The third-order valence-corrected chi connectivity index (χ3v) is 4.88. The average molecular weight is 424 g/mol. The first kappa shape index (κ1) is 22.3. The molecule has 2 heterocycles. The zero-order chi connectivity index (χ0) is 22.4. The molecule has 0 aliphatic rings. The maximum Gasteiger partial charge on any atom is 0.356 e. The van der Waals surface area contributed by atoms with Gasteiger partial charge in [0.05, 0.1) is 19.4 Å². The first-order chi connectivity index (χ1) is 14.9. The highest BCUT2D eigenvalue weighted by Gasteiger charge is 2.23. The largest absolute Gasteiger partial charge is 0.497 e. The Morgan fingerprint density at radius 3 is 2.45 bits per heavy atom. The van der Waals surface area contributed by atoms with Crippen molar-refractivity contribution in [3.8, 4) is 17.1 Å². The SMILES string of the molecule is CCOC(=O)c1c(CNCc2ccc(OC)cc2)nc(-c2ccc(N(C)C)nc2)n1C. The number of anilines is 1. The van der Waals surface area contributed by atoms with E-state index in [1.165, 1.54) is 0 Å². The second-order valence-corrected chi connectivity index (χ2v) is 7.26. The molecule has 0 spiro atoms. The van der Waals surface area contributed by atoms with Crippen LogP contribution in [0.15, 0.2) is 42.6 Å². The van der Waals surface area contributed by atoms with E-state index in [0.717, 1.165) is 22.7 Å². The summed E-state index contributed by atoms with van der Waals surface area (Å²) in [5.41, 5.74) is 3.02. The molecule has 3 aromatic rings. The number of esters is 1. The molecule has 8 heteroatoms. The summed E-state index contributed by atoms with van der Waals surface area (Å²) < 4.78 is 12.2. The van der Waals surface area contributed by atoms with Gasteiger partial charge in [-0.25, -0.2) is 14.8 Å². The third-order valence-electron chi connectivity index (χ3n) is 4.88. The minimum absolute atomic E-state index is 0.303. The van der Waals surface area contributed by atoms with Gasteiger partial charge < -0.3 is 24.3 Å². The van der Waals surface area contributed by atoms with E-state index >= 15 is 0 Å². The number of benzene rings is 1. The van der Waals surface area contributed by atoms with Crippen molar-refractivity contribution in [2.24, 2.45) is 7.05 Å². The zero-order valence-corrected chi connectivity index (χ0v) is 18.7. The van der Waals surface area contributed by atoms with E-state index in [0.29, 0.717) is 36.9 Å². The molecule has 31 heavy (non-hydrogen) atoms. The molecule has 8 nitrogen and oxygen atoms in total. The summed E-state index contributed by atoms with van der Waals surface area (Å²) in [4.78, 5) is 23.8. The number of pyridine rings is 1. The predicted molar refractivity (Wildman–Crippen MR) is 120 cm³/mol. The number of carbonyl (C=O) groups is 1. The molecule has 0 aliphatic carbocycles. The highest BCUT2D eigenvalue weighted by Crippen LogP contribution is 2.23. The topological polar surface area (TPSA) is 81.5 Å². The second kappa shape index (κ2) is 10.1. The van der Waals surface area contributed by atoms with Gasteiger partial charge in [-0.1, -0.05) is 12.1 Å². The maximum absolute atomic E-state index is 12.6. The van der Waals surface area contributed by atoms with Crippen LogP contribution in [-0.4, -0.2) is 48.3 Å². The smallest absolute Gasteiger partial charge is 0.356 e. The van der Waals surface area contributed by atoms with E-state index in [1.54, 1.807) is 24.8 Å². The zero-order valence-electron chi connectivity index (χ0n) is 18.7. The van der Waals surface area contributed by atoms with Crippen LogP contribution in [0.5, 0.6) is 5.75 Å².